The van der Waals surface area contributed by atoms with E-state index in [1.165, 1.54) is 49.7 Å². The van der Waals surface area contributed by atoms with E-state index in [-0.39, 0.29) is 6.10 Å². The Morgan fingerprint density at radius 3 is 2.62 bits per heavy atom. The Hall–Kier alpha value is -0.860. The van der Waals surface area contributed by atoms with Crippen molar-refractivity contribution < 1.29 is 4.74 Å². The predicted octanol–water partition coefficient (Wildman–Crippen LogP) is 4.49. The zero-order valence-corrected chi connectivity index (χ0v) is 13.9. The molecule has 1 aromatic rings. The Kier molecular flexibility index (Phi) is 6.72. The molecular weight excluding hydrogens is 258 g/mol. The van der Waals surface area contributed by atoms with E-state index in [0.29, 0.717) is 12.0 Å². The second-order valence-electron chi connectivity index (χ2n) is 6.36. The molecule has 1 aromatic carbocycles. The lowest BCUT2D eigenvalue weighted by Crippen LogP contribution is -2.37. The summed E-state index contributed by atoms with van der Waals surface area (Å²) < 4.78 is 5.93. The average Bonchev–Trinajstić information content (AvgIpc) is 2.54. The van der Waals surface area contributed by atoms with Crippen molar-refractivity contribution in [2.75, 3.05) is 14.2 Å². The molecule has 1 aliphatic rings. The summed E-state index contributed by atoms with van der Waals surface area (Å²) in [6.45, 7) is 2.24. The maximum absolute atomic E-state index is 5.93. The van der Waals surface area contributed by atoms with Gasteiger partial charge in [0.25, 0.3) is 0 Å². The van der Waals surface area contributed by atoms with Crippen molar-refractivity contribution >= 4 is 0 Å². The minimum Gasteiger partial charge on any atom is -0.379 e. The van der Waals surface area contributed by atoms with Gasteiger partial charge in [-0.2, -0.15) is 0 Å². The molecule has 2 atom stereocenters. The summed E-state index contributed by atoms with van der Waals surface area (Å²) in [7, 11) is 3.94. The molecule has 21 heavy (non-hydrogen) atoms. The first kappa shape index (κ1) is 16.5. The van der Waals surface area contributed by atoms with E-state index in [0.717, 1.165) is 6.42 Å². The van der Waals surface area contributed by atoms with Crippen LogP contribution in [0.2, 0.25) is 0 Å². The molecule has 0 saturated heterocycles. The maximum atomic E-state index is 5.93. The van der Waals surface area contributed by atoms with Crippen molar-refractivity contribution in [1.29, 1.82) is 0 Å². The molecule has 118 valence electrons. The second kappa shape index (κ2) is 8.55. The highest BCUT2D eigenvalue weighted by molar-refractivity contribution is 5.27. The van der Waals surface area contributed by atoms with E-state index >= 15 is 0 Å². The van der Waals surface area contributed by atoms with Crippen LogP contribution < -0.4 is 5.32 Å². The number of hydrogen-bond donors (Lipinski definition) is 1. The molecule has 2 heteroatoms. The number of ether oxygens (including phenoxy) is 1. The van der Waals surface area contributed by atoms with Gasteiger partial charge in [0.1, 0.15) is 0 Å². The normalized spacial score (nSPS) is 19.4. The Bertz CT molecular complexity index is 412. The van der Waals surface area contributed by atoms with Gasteiger partial charge in [0.15, 0.2) is 0 Å². The van der Waals surface area contributed by atoms with Crippen molar-refractivity contribution in [3.05, 3.63) is 35.4 Å². The third-order valence-electron chi connectivity index (χ3n) is 4.87. The van der Waals surface area contributed by atoms with E-state index in [1.807, 2.05) is 7.11 Å². The summed E-state index contributed by atoms with van der Waals surface area (Å²) in [6, 6.07) is 9.34. The monoisotopic (exact) mass is 289 g/mol. The Balaban J connectivity index is 2.17. The first-order chi connectivity index (χ1) is 10.3. The second-order valence-corrected chi connectivity index (χ2v) is 6.36. The Labute approximate surface area is 130 Å². The predicted molar refractivity (Wildman–Crippen MR) is 89.6 cm³/mol. The molecule has 2 unspecified atom stereocenters. The van der Waals surface area contributed by atoms with Crippen molar-refractivity contribution in [3.8, 4) is 0 Å². The largest absolute Gasteiger partial charge is 0.379 e. The zero-order valence-electron chi connectivity index (χ0n) is 13.9. The van der Waals surface area contributed by atoms with Crippen LogP contribution in [0.25, 0.3) is 0 Å². The maximum Gasteiger partial charge on any atom is 0.0793 e. The minimum absolute atomic E-state index is 0.284. The van der Waals surface area contributed by atoms with Gasteiger partial charge >= 0.3 is 0 Å². The van der Waals surface area contributed by atoms with Crippen LogP contribution in [0.5, 0.6) is 0 Å². The van der Waals surface area contributed by atoms with E-state index in [1.54, 1.807) is 0 Å². The van der Waals surface area contributed by atoms with E-state index < -0.39 is 0 Å². The van der Waals surface area contributed by atoms with Crippen molar-refractivity contribution in [2.24, 2.45) is 5.92 Å². The average molecular weight is 289 g/mol. The van der Waals surface area contributed by atoms with Crippen molar-refractivity contribution in [3.63, 3.8) is 0 Å². The van der Waals surface area contributed by atoms with Crippen LogP contribution in [0.3, 0.4) is 0 Å². The fraction of sp³-hybridized carbons (Fsp3) is 0.684. The fourth-order valence-electron chi connectivity index (χ4n) is 3.81. The highest BCUT2D eigenvalue weighted by Crippen LogP contribution is 2.34. The summed E-state index contributed by atoms with van der Waals surface area (Å²) >= 11 is 0. The summed E-state index contributed by atoms with van der Waals surface area (Å²) in [5.41, 5.74) is 2.81. The van der Waals surface area contributed by atoms with Gasteiger partial charge in [-0.15, -0.1) is 0 Å². The van der Waals surface area contributed by atoms with Gasteiger partial charge in [0, 0.05) is 7.11 Å². The Morgan fingerprint density at radius 1 is 1.24 bits per heavy atom. The van der Waals surface area contributed by atoms with E-state index in [2.05, 4.69) is 43.6 Å². The molecule has 1 fully saturated rings. The number of nitrogens with one attached hydrogen (secondary N) is 1. The molecule has 2 nitrogen and oxygen atoms in total. The number of methoxy groups -OCH3 is 1. The molecule has 0 amide bonds. The molecule has 2 rings (SSSR count). The smallest absolute Gasteiger partial charge is 0.0793 e. The molecule has 0 bridgehead atoms. The van der Waals surface area contributed by atoms with Gasteiger partial charge in [-0.25, -0.2) is 0 Å². The molecule has 0 radical (unpaired) electrons. The van der Waals surface area contributed by atoms with Gasteiger partial charge in [-0.3, -0.25) is 0 Å². The highest BCUT2D eigenvalue weighted by Gasteiger charge is 2.30. The van der Waals surface area contributed by atoms with Crippen LogP contribution in [0.4, 0.5) is 0 Å². The third-order valence-corrected chi connectivity index (χ3v) is 4.87. The highest BCUT2D eigenvalue weighted by atomic mass is 16.5. The molecular formula is C19H31NO. The van der Waals surface area contributed by atoms with E-state index in [4.69, 9.17) is 4.74 Å². The van der Waals surface area contributed by atoms with Crippen LogP contribution in [-0.4, -0.2) is 20.3 Å². The summed E-state index contributed by atoms with van der Waals surface area (Å²) in [5, 5.41) is 3.51. The number of hydrogen-bond acceptors (Lipinski definition) is 2. The zero-order chi connectivity index (χ0) is 15.1. The van der Waals surface area contributed by atoms with Gasteiger partial charge in [-0.05, 0) is 43.4 Å². The van der Waals surface area contributed by atoms with Crippen LogP contribution >= 0.6 is 0 Å². The fourth-order valence-corrected chi connectivity index (χ4v) is 3.81. The molecule has 1 saturated carbocycles. The van der Waals surface area contributed by atoms with Gasteiger partial charge in [-0.1, -0.05) is 56.9 Å². The topological polar surface area (TPSA) is 21.3 Å². The molecule has 1 aliphatic carbocycles. The lowest BCUT2D eigenvalue weighted by atomic mass is 9.80. The van der Waals surface area contributed by atoms with Gasteiger partial charge in [0.2, 0.25) is 0 Å². The first-order valence-corrected chi connectivity index (χ1v) is 8.59. The van der Waals surface area contributed by atoms with Crippen LogP contribution in [0.1, 0.15) is 62.6 Å². The lowest BCUT2D eigenvalue weighted by Gasteiger charge is -2.35. The quantitative estimate of drug-likeness (QED) is 0.798. The first-order valence-electron chi connectivity index (χ1n) is 8.59. The molecule has 0 aromatic heterocycles. The summed E-state index contributed by atoms with van der Waals surface area (Å²) in [4.78, 5) is 0. The third kappa shape index (κ3) is 4.31. The van der Waals surface area contributed by atoms with Gasteiger partial charge in [0.05, 0.1) is 12.1 Å². The summed E-state index contributed by atoms with van der Waals surface area (Å²) in [5.74, 6) is 0.691. The molecule has 0 spiro atoms. The van der Waals surface area contributed by atoms with Crippen molar-refractivity contribution in [1.82, 2.24) is 5.32 Å². The molecule has 0 heterocycles. The number of rotatable bonds is 7. The lowest BCUT2D eigenvalue weighted by molar-refractivity contribution is 0.00940. The minimum atomic E-state index is 0.284. The van der Waals surface area contributed by atoms with Crippen LogP contribution in [-0.2, 0) is 11.2 Å². The van der Waals surface area contributed by atoms with E-state index in [9.17, 15) is 0 Å². The van der Waals surface area contributed by atoms with Crippen molar-refractivity contribution in [2.45, 2.75) is 64.0 Å². The van der Waals surface area contributed by atoms with Crippen LogP contribution in [0, 0.1) is 5.92 Å². The molecule has 0 aliphatic heterocycles. The molecule has 1 N–H and O–H groups in total. The van der Waals surface area contributed by atoms with Crippen LogP contribution in [0.15, 0.2) is 24.3 Å². The SMILES string of the molecule is CCCc1cccc(C(NC)C(OC)C2CCCCC2)c1. The number of likely N-dealkylation sites (N-methyl/N-ethyl adjacent to an activating group) is 1. The Morgan fingerprint density at radius 2 is 2.00 bits per heavy atom. The number of benzene rings is 1. The summed E-state index contributed by atoms with van der Waals surface area (Å²) in [6.07, 6.45) is 9.37. The number of aryl methyl sites for hydroxylation is 1. The van der Waals surface area contributed by atoms with Gasteiger partial charge < -0.3 is 10.1 Å². The standard InChI is InChI=1S/C19H31NO/c1-4-9-15-10-8-13-17(14-15)18(20-2)19(21-3)16-11-6-5-7-12-16/h8,10,13-14,16,18-20H,4-7,9,11-12H2,1-3H3.